The lowest BCUT2D eigenvalue weighted by Crippen LogP contribution is -2.36. The van der Waals surface area contributed by atoms with E-state index in [1.807, 2.05) is 0 Å². The van der Waals surface area contributed by atoms with E-state index in [0.29, 0.717) is 4.68 Å². The first-order chi connectivity index (χ1) is 11.6. The Morgan fingerprint density at radius 1 is 1.24 bits per heavy atom. The number of aromatic nitrogens is 2. The van der Waals surface area contributed by atoms with Gasteiger partial charge in [-0.2, -0.15) is 18.3 Å². The maximum Gasteiger partial charge on any atom is 0.434 e. The Kier molecular flexibility index (Phi) is 5.15. The fourth-order valence-electron chi connectivity index (χ4n) is 2.32. The number of likely N-dealkylation sites (N-methyl/N-ethyl adjacent to an activating group) is 1. The molecular formula is C16H16F3N3O3. The van der Waals surface area contributed by atoms with Gasteiger partial charge in [0.1, 0.15) is 6.54 Å². The van der Waals surface area contributed by atoms with Crippen LogP contribution in [0.1, 0.15) is 28.5 Å². The van der Waals surface area contributed by atoms with Gasteiger partial charge in [0.15, 0.2) is 5.69 Å². The molecule has 0 aliphatic heterocycles. The number of carboxylic acid groups (broad SMARTS) is 1. The summed E-state index contributed by atoms with van der Waals surface area (Å²) in [5.74, 6) is -2.34. The Bertz CT molecular complexity index is 782. The zero-order valence-electron chi connectivity index (χ0n) is 13.5. The lowest BCUT2D eigenvalue weighted by atomic mass is 10.2. The number of rotatable bonds is 5. The number of aryl methyl sites for hydroxylation is 1. The van der Waals surface area contributed by atoms with Crippen molar-refractivity contribution in [2.45, 2.75) is 20.0 Å². The summed E-state index contributed by atoms with van der Waals surface area (Å²) in [4.78, 5) is 24.0. The molecule has 0 bridgehead atoms. The summed E-state index contributed by atoms with van der Waals surface area (Å²) in [6, 6.07) is 6.17. The zero-order chi connectivity index (χ0) is 18.8. The number of benzene rings is 1. The molecule has 0 atom stereocenters. The maximum absolute atomic E-state index is 13.5. The molecule has 2 rings (SSSR count). The summed E-state index contributed by atoms with van der Waals surface area (Å²) in [7, 11) is 0. The van der Waals surface area contributed by atoms with Crippen LogP contribution in [0, 0.1) is 6.92 Å². The molecule has 1 heterocycles. The average Bonchev–Trinajstić information content (AvgIpc) is 2.97. The van der Waals surface area contributed by atoms with Crippen molar-refractivity contribution >= 4 is 11.9 Å². The Morgan fingerprint density at radius 3 is 2.32 bits per heavy atom. The van der Waals surface area contributed by atoms with Crippen molar-refractivity contribution in [2.75, 3.05) is 13.1 Å². The second-order valence-electron chi connectivity index (χ2n) is 5.37. The highest BCUT2D eigenvalue weighted by Gasteiger charge is 2.41. The summed E-state index contributed by atoms with van der Waals surface area (Å²) < 4.78 is 41.3. The summed E-state index contributed by atoms with van der Waals surface area (Å²) >= 11 is 0. The number of alkyl halides is 3. The van der Waals surface area contributed by atoms with Gasteiger partial charge >= 0.3 is 12.1 Å². The lowest BCUT2D eigenvalue weighted by molar-refractivity contribution is -0.143. The van der Waals surface area contributed by atoms with Crippen LogP contribution in [-0.2, 0) is 11.0 Å². The van der Waals surface area contributed by atoms with Crippen LogP contribution in [0.3, 0.4) is 0 Å². The smallest absolute Gasteiger partial charge is 0.434 e. The lowest BCUT2D eigenvalue weighted by Gasteiger charge is -2.19. The Hall–Kier alpha value is -2.84. The van der Waals surface area contributed by atoms with E-state index in [-0.39, 0.29) is 12.2 Å². The van der Waals surface area contributed by atoms with Crippen LogP contribution in [0.15, 0.2) is 30.5 Å². The molecule has 134 valence electrons. The predicted molar refractivity (Wildman–Crippen MR) is 82.5 cm³/mol. The molecule has 1 N–H and O–H groups in total. The molecule has 1 amide bonds. The van der Waals surface area contributed by atoms with Crippen LogP contribution in [0.5, 0.6) is 0 Å². The van der Waals surface area contributed by atoms with Crippen molar-refractivity contribution in [1.82, 2.24) is 14.7 Å². The third kappa shape index (κ3) is 3.98. The van der Waals surface area contributed by atoms with Crippen LogP contribution in [0.2, 0.25) is 0 Å². The van der Waals surface area contributed by atoms with Crippen molar-refractivity contribution in [3.05, 3.63) is 47.3 Å². The van der Waals surface area contributed by atoms with Gasteiger partial charge in [-0.3, -0.25) is 9.59 Å². The Morgan fingerprint density at radius 2 is 1.84 bits per heavy atom. The van der Waals surface area contributed by atoms with Gasteiger partial charge in [0.2, 0.25) is 0 Å². The molecule has 9 heteroatoms. The Balaban J connectivity index is 2.54. The summed E-state index contributed by atoms with van der Waals surface area (Å²) in [6.45, 7) is 2.54. The number of hydrogen-bond acceptors (Lipinski definition) is 3. The van der Waals surface area contributed by atoms with Crippen LogP contribution < -0.4 is 0 Å². The number of amides is 1. The number of halogens is 3. The molecule has 0 radical (unpaired) electrons. The van der Waals surface area contributed by atoms with Crippen molar-refractivity contribution in [3.63, 3.8) is 0 Å². The van der Waals surface area contributed by atoms with E-state index in [1.54, 1.807) is 19.1 Å². The van der Waals surface area contributed by atoms with Gasteiger partial charge in [-0.05, 0) is 26.0 Å². The molecule has 2 aromatic rings. The molecule has 25 heavy (non-hydrogen) atoms. The monoisotopic (exact) mass is 355 g/mol. The quantitative estimate of drug-likeness (QED) is 0.895. The van der Waals surface area contributed by atoms with E-state index in [2.05, 4.69) is 5.10 Å². The van der Waals surface area contributed by atoms with Gasteiger partial charge < -0.3 is 10.0 Å². The highest BCUT2D eigenvalue weighted by molar-refractivity contribution is 5.97. The van der Waals surface area contributed by atoms with Gasteiger partial charge in [-0.1, -0.05) is 17.7 Å². The van der Waals surface area contributed by atoms with E-state index < -0.39 is 35.9 Å². The largest absolute Gasteiger partial charge is 0.480 e. The second kappa shape index (κ2) is 6.96. The standard InChI is InChI=1S/C16H16F3N3O3/c1-3-21(9-13(23)24)15(25)12-8-20-22(14(12)16(17,18)19)11-6-4-10(2)5-7-11/h4-8H,3,9H2,1-2H3,(H,23,24). The van der Waals surface area contributed by atoms with Gasteiger partial charge in [0.05, 0.1) is 17.4 Å². The molecule has 0 saturated heterocycles. The van der Waals surface area contributed by atoms with E-state index in [9.17, 15) is 22.8 Å². The topological polar surface area (TPSA) is 75.4 Å². The minimum atomic E-state index is -4.84. The summed E-state index contributed by atoms with van der Waals surface area (Å²) in [6.07, 6.45) is -4.02. The molecular weight excluding hydrogens is 339 g/mol. The minimum absolute atomic E-state index is 0.0435. The van der Waals surface area contributed by atoms with E-state index >= 15 is 0 Å². The van der Waals surface area contributed by atoms with Crippen LogP contribution >= 0.6 is 0 Å². The van der Waals surface area contributed by atoms with Gasteiger partial charge in [-0.15, -0.1) is 0 Å². The molecule has 1 aromatic heterocycles. The number of carboxylic acids is 1. The van der Waals surface area contributed by atoms with Crippen molar-refractivity contribution < 1.29 is 27.9 Å². The van der Waals surface area contributed by atoms with Crippen LogP contribution in [0.4, 0.5) is 13.2 Å². The predicted octanol–water partition coefficient (Wildman–Crippen LogP) is 2.75. The van der Waals surface area contributed by atoms with Gasteiger partial charge in [0, 0.05) is 6.54 Å². The number of hydrogen-bond donors (Lipinski definition) is 1. The SMILES string of the molecule is CCN(CC(=O)O)C(=O)c1cnn(-c2ccc(C)cc2)c1C(F)(F)F. The Labute approximate surface area is 141 Å². The van der Waals surface area contributed by atoms with E-state index in [1.165, 1.54) is 19.1 Å². The molecule has 0 spiro atoms. The van der Waals surface area contributed by atoms with E-state index in [0.717, 1.165) is 16.7 Å². The molecule has 1 aromatic carbocycles. The van der Waals surface area contributed by atoms with E-state index in [4.69, 9.17) is 5.11 Å². The third-order valence-corrected chi connectivity index (χ3v) is 3.54. The third-order valence-electron chi connectivity index (χ3n) is 3.54. The average molecular weight is 355 g/mol. The van der Waals surface area contributed by atoms with Crippen molar-refractivity contribution in [2.24, 2.45) is 0 Å². The maximum atomic E-state index is 13.5. The molecule has 0 saturated carbocycles. The number of aliphatic carboxylic acids is 1. The fourth-order valence-corrected chi connectivity index (χ4v) is 2.32. The first-order valence-electron chi connectivity index (χ1n) is 7.38. The van der Waals surface area contributed by atoms with Gasteiger partial charge in [0.25, 0.3) is 5.91 Å². The second-order valence-corrected chi connectivity index (χ2v) is 5.37. The van der Waals surface area contributed by atoms with Crippen LogP contribution in [0.25, 0.3) is 5.69 Å². The summed E-state index contributed by atoms with van der Waals surface area (Å²) in [5.41, 5.74) is -0.904. The zero-order valence-corrected chi connectivity index (χ0v) is 13.5. The highest BCUT2D eigenvalue weighted by Crippen LogP contribution is 2.34. The van der Waals surface area contributed by atoms with Crippen molar-refractivity contribution in [3.8, 4) is 5.69 Å². The number of carbonyl (C=O) groups is 2. The minimum Gasteiger partial charge on any atom is -0.480 e. The fraction of sp³-hybridized carbons (Fsp3) is 0.312. The molecule has 6 nitrogen and oxygen atoms in total. The van der Waals surface area contributed by atoms with Crippen LogP contribution in [-0.4, -0.2) is 44.8 Å². The normalized spacial score (nSPS) is 11.4. The molecule has 0 fully saturated rings. The van der Waals surface area contributed by atoms with Crippen molar-refractivity contribution in [1.29, 1.82) is 0 Å². The first-order valence-corrected chi connectivity index (χ1v) is 7.38. The number of nitrogens with zero attached hydrogens (tertiary/aromatic N) is 3. The summed E-state index contributed by atoms with van der Waals surface area (Å²) in [5, 5.41) is 12.5. The highest BCUT2D eigenvalue weighted by atomic mass is 19.4. The molecule has 0 aliphatic rings. The number of carbonyl (C=O) groups excluding carboxylic acids is 1. The molecule has 0 unspecified atom stereocenters. The first kappa shape index (κ1) is 18.5. The molecule has 0 aliphatic carbocycles. The van der Waals surface area contributed by atoms with Gasteiger partial charge in [-0.25, -0.2) is 4.68 Å².